The number of carbonyl (C=O) groups is 3. The fraction of sp³-hybridized carbons (Fsp3) is 0.0800. The SMILES string of the molecule is CC(=O)c1cccc(Nc2cc(Nc3cccc(Cl)c3)nc3c(/C=C4\CC(=O)NC4=O)cnn23)c1. The summed E-state index contributed by atoms with van der Waals surface area (Å²) in [7, 11) is 0. The molecule has 0 saturated carbocycles. The zero-order valence-corrected chi connectivity index (χ0v) is 19.3. The molecular weight excluding hydrogens is 468 g/mol. The van der Waals surface area contributed by atoms with Crippen molar-refractivity contribution in [3.63, 3.8) is 0 Å². The van der Waals surface area contributed by atoms with Gasteiger partial charge in [-0.25, -0.2) is 4.98 Å². The van der Waals surface area contributed by atoms with Crippen molar-refractivity contribution in [1.82, 2.24) is 19.9 Å². The topological polar surface area (TPSA) is 117 Å². The second-order valence-corrected chi connectivity index (χ2v) is 8.42. The Balaban J connectivity index is 1.60. The number of fused-ring (bicyclic) bond motifs is 1. The molecule has 0 atom stereocenters. The molecule has 0 radical (unpaired) electrons. The van der Waals surface area contributed by atoms with Crippen molar-refractivity contribution in [3.8, 4) is 0 Å². The van der Waals surface area contributed by atoms with Crippen LogP contribution < -0.4 is 16.0 Å². The Hall–Kier alpha value is -4.50. The first-order chi connectivity index (χ1) is 16.9. The molecule has 2 aromatic carbocycles. The Labute approximate surface area is 204 Å². The highest BCUT2D eigenvalue weighted by molar-refractivity contribution is 6.30. The second kappa shape index (κ2) is 9.03. The van der Waals surface area contributed by atoms with Crippen molar-refractivity contribution < 1.29 is 14.4 Å². The van der Waals surface area contributed by atoms with Gasteiger partial charge in [0.1, 0.15) is 11.6 Å². The van der Waals surface area contributed by atoms with Crippen LogP contribution in [0.2, 0.25) is 5.02 Å². The molecule has 2 amide bonds. The van der Waals surface area contributed by atoms with Crippen LogP contribution in [0.25, 0.3) is 11.7 Å². The number of nitrogens with zero attached hydrogens (tertiary/aromatic N) is 3. The van der Waals surface area contributed by atoms with Crippen LogP contribution in [0.4, 0.5) is 23.0 Å². The molecule has 9 nitrogen and oxygen atoms in total. The van der Waals surface area contributed by atoms with E-state index in [0.717, 1.165) is 5.69 Å². The lowest BCUT2D eigenvalue weighted by atomic mass is 10.1. The Kier molecular flexibility index (Phi) is 5.76. The van der Waals surface area contributed by atoms with Crippen molar-refractivity contribution >= 4 is 63.9 Å². The van der Waals surface area contributed by atoms with Crippen molar-refractivity contribution in [2.24, 2.45) is 0 Å². The Bertz CT molecular complexity index is 1540. The molecular formula is C25H19ClN6O3. The summed E-state index contributed by atoms with van der Waals surface area (Å²) in [5.41, 5.74) is 3.36. The number of Topliss-reactive ketones (excluding diaryl/α,β-unsaturated/α-hetero) is 1. The van der Waals surface area contributed by atoms with Crippen LogP contribution in [0.1, 0.15) is 29.3 Å². The maximum Gasteiger partial charge on any atom is 0.254 e. The molecule has 0 aliphatic carbocycles. The lowest BCUT2D eigenvalue weighted by Gasteiger charge is -2.13. The summed E-state index contributed by atoms with van der Waals surface area (Å²) in [6, 6.07) is 16.1. The maximum atomic E-state index is 12.1. The van der Waals surface area contributed by atoms with E-state index in [9.17, 15) is 14.4 Å². The number of carbonyl (C=O) groups excluding carboxylic acids is 3. The third kappa shape index (κ3) is 4.75. The number of ketones is 1. The van der Waals surface area contributed by atoms with Gasteiger partial charge in [-0.05, 0) is 43.3 Å². The van der Waals surface area contributed by atoms with Crippen LogP contribution in [0, 0.1) is 0 Å². The van der Waals surface area contributed by atoms with Crippen molar-refractivity contribution in [3.05, 3.63) is 82.5 Å². The number of amides is 2. The van der Waals surface area contributed by atoms with E-state index >= 15 is 0 Å². The average Bonchev–Trinajstić information content (AvgIpc) is 3.36. The van der Waals surface area contributed by atoms with Gasteiger partial charge in [0.15, 0.2) is 11.4 Å². The lowest BCUT2D eigenvalue weighted by molar-refractivity contribution is -0.124. The Morgan fingerprint density at radius 1 is 1.09 bits per heavy atom. The molecule has 5 rings (SSSR count). The fourth-order valence-corrected chi connectivity index (χ4v) is 3.91. The Morgan fingerprint density at radius 3 is 2.57 bits per heavy atom. The lowest BCUT2D eigenvalue weighted by Crippen LogP contribution is -2.19. The van der Waals surface area contributed by atoms with Crippen LogP contribution >= 0.6 is 11.6 Å². The zero-order valence-electron chi connectivity index (χ0n) is 18.5. The van der Waals surface area contributed by atoms with Gasteiger partial charge in [-0.3, -0.25) is 19.7 Å². The first-order valence-corrected chi connectivity index (χ1v) is 11.1. The minimum atomic E-state index is -0.429. The summed E-state index contributed by atoms with van der Waals surface area (Å²) in [6.07, 6.45) is 3.18. The Morgan fingerprint density at radius 2 is 1.86 bits per heavy atom. The van der Waals surface area contributed by atoms with E-state index in [0.29, 0.717) is 44.7 Å². The van der Waals surface area contributed by atoms with Crippen LogP contribution in [0.5, 0.6) is 0 Å². The van der Waals surface area contributed by atoms with Crippen molar-refractivity contribution in [2.75, 3.05) is 10.6 Å². The highest BCUT2D eigenvalue weighted by Gasteiger charge is 2.24. The highest BCUT2D eigenvalue weighted by atomic mass is 35.5. The third-order valence-electron chi connectivity index (χ3n) is 5.36. The number of benzene rings is 2. The van der Waals surface area contributed by atoms with E-state index in [4.69, 9.17) is 11.6 Å². The van der Waals surface area contributed by atoms with Gasteiger partial charge in [-0.15, -0.1) is 0 Å². The van der Waals surface area contributed by atoms with Gasteiger partial charge in [-0.1, -0.05) is 29.8 Å². The minimum absolute atomic E-state index is 0.000422. The number of imide groups is 1. The minimum Gasteiger partial charge on any atom is -0.340 e. The summed E-state index contributed by atoms with van der Waals surface area (Å²) in [4.78, 5) is 40.2. The molecule has 3 heterocycles. The summed E-state index contributed by atoms with van der Waals surface area (Å²) >= 11 is 6.13. The molecule has 174 valence electrons. The second-order valence-electron chi connectivity index (χ2n) is 7.98. The molecule has 35 heavy (non-hydrogen) atoms. The summed E-state index contributed by atoms with van der Waals surface area (Å²) in [5, 5.41) is 13.8. The van der Waals surface area contributed by atoms with E-state index in [1.165, 1.54) is 6.92 Å². The summed E-state index contributed by atoms with van der Waals surface area (Å²) in [6.45, 7) is 1.51. The van der Waals surface area contributed by atoms with Gasteiger partial charge in [-0.2, -0.15) is 9.61 Å². The summed E-state index contributed by atoms with van der Waals surface area (Å²) in [5.74, 6) is 0.242. The molecule has 1 aliphatic rings. The van der Waals surface area contributed by atoms with E-state index in [-0.39, 0.29) is 18.1 Å². The quantitative estimate of drug-likeness (QED) is 0.208. The molecule has 1 fully saturated rings. The normalized spacial score (nSPS) is 14.4. The fourth-order valence-electron chi connectivity index (χ4n) is 3.72. The number of anilines is 4. The third-order valence-corrected chi connectivity index (χ3v) is 5.60. The maximum absolute atomic E-state index is 12.1. The van der Waals surface area contributed by atoms with Crippen LogP contribution in [0.15, 0.2) is 66.4 Å². The molecule has 0 spiro atoms. The zero-order chi connectivity index (χ0) is 24.5. The van der Waals surface area contributed by atoms with Gasteiger partial charge >= 0.3 is 0 Å². The highest BCUT2D eigenvalue weighted by Crippen LogP contribution is 2.27. The van der Waals surface area contributed by atoms with E-state index in [2.05, 4.69) is 26.0 Å². The predicted molar refractivity (Wildman–Crippen MR) is 133 cm³/mol. The molecule has 0 unspecified atom stereocenters. The van der Waals surface area contributed by atoms with E-state index in [1.54, 1.807) is 53.2 Å². The largest absolute Gasteiger partial charge is 0.340 e. The summed E-state index contributed by atoms with van der Waals surface area (Å²) < 4.78 is 1.59. The van der Waals surface area contributed by atoms with Gasteiger partial charge < -0.3 is 10.6 Å². The van der Waals surface area contributed by atoms with Crippen LogP contribution in [-0.4, -0.2) is 32.2 Å². The van der Waals surface area contributed by atoms with Crippen molar-refractivity contribution in [2.45, 2.75) is 13.3 Å². The molecule has 1 saturated heterocycles. The first kappa shape index (κ1) is 22.3. The number of hydrogen-bond acceptors (Lipinski definition) is 7. The smallest absolute Gasteiger partial charge is 0.254 e. The molecule has 2 aromatic heterocycles. The van der Waals surface area contributed by atoms with Crippen molar-refractivity contribution in [1.29, 1.82) is 0 Å². The first-order valence-electron chi connectivity index (χ1n) is 10.7. The van der Waals surface area contributed by atoms with Gasteiger partial charge in [0, 0.05) is 39.2 Å². The number of rotatable bonds is 6. The van der Waals surface area contributed by atoms with Crippen LogP contribution in [0.3, 0.4) is 0 Å². The predicted octanol–water partition coefficient (Wildman–Crippen LogP) is 4.50. The molecule has 3 N–H and O–H groups in total. The molecule has 0 bridgehead atoms. The number of nitrogens with one attached hydrogen (secondary N) is 3. The standard InChI is InChI=1S/C25H19ClN6O3/c1-14(33)15-4-2-6-19(9-15)29-22-12-21(28-20-7-3-5-18(26)11-20)30-24-17(13-27-32(22)24)8-16-10-23(34)31-25(16)35/h2-9,11-13,29H,10H2,1H3,(H,28,30)(H,31,34,35)/b16-8+. The van der Waals surface area contributed by atoms with Gasteiger partial charge in [0.2, 0.25) is 5.91 Å². The monoisotopic (exact) mass is 486 g/mol. The van der Waals surface area contributed by atoms with E-state index < -0.39 is 5.91 Å². The van der Waals surface area contributed by atoms with Gasteiger partial charge in [0.05, 0.1) is 12.6 Å². The molecule has 4 aromatic rings. The number of hydrogen-bond donors (Lipinski definition) is 3. The number of aromatic nitrogens is 3. The molecule has 10 heteroatoms. The van der Waals surface area contributed by atoms with Gasteiger partial charge in [0.25, 0.3) is 5.91 Å². The average molecular weight is 487 g/mol. The van der Waals surface area contributed by atoms with E-state index in [1.807, 2.05) is 18.2 Å². The molecule has 1 aliphatic heterocycles. The van der Waals surface area contributed by atoms with Crippen LogP contribution in [-0.2, 0) is 9.59 Å². The number of halogens is 1.